The van der Waals surface area contributed by atoms with E-state index in [2.05, 4.69) is 4.98 Å². The Morgan fingerprint density at radius 1 is 1.19 bits per heavy atom. The lowest BCUT2D eigenvalue weighted by atomic mass is 10.2. The highest BCUT2D eigenvalue weighted by Gasteiger charge is 2.30. The predicted molar refractivity (Wildman–Crippen MR) is 67.7 cm³/mol. The van der Waals surface area contributed by atoms with E-state index in [1.165, 1.54) is 12.4 Å². The van der Waals surface area contributed by atoms with E-state index in [0.717, 1.165) is 28.8 Å². The van der Waals surface area contributed by atoms with E-state index in [4.69, 9.17) is 5.11 Å². The van der Waals surface area contributed by atoms with Crippen LogP contribution >= 0.6 is 0 Å². The fraction of sp³-hybridized carbons (Fsp3) is 0.250. The summed E-state index contributed by atoms with van der Waals surface area (Å²) in [5, 5.41) is 8.42. The third kappa shape index (κ3) is 3.24. The Balaban J connectivity index is 2.43. The maximum absolute atomic E-state index is 12.5. The van der Waals surface area contributed by atoms with Gasteiger partial charge in [-0.05, 0) is 24.3 Å². The number of aromatic nitrogens is 2. The molecule has 0 unspecified atom stereocenters. The zero-order chi connectivity index (χ0) is 15.7. The molecule has 1 heterocycles. The Kier molecular flexibility index (Phi) is 4.06. The van der Waals surface area contributed by atoms with Gasteiger partial charge in [0.2, 0.25) is 15.0 Å². The summed E-state index contributed by atoms with van der Waals surface area (Å²) >= 11 is 0. The molecule has 1 N–H and O–H groups in total. The topological polar surface area (TPSA) is 72.2 Å². The number of sulfone groups is 1. The molecule has 0 aliphatic carbocycles. The first-order valence-electron chi connectivity index (χ1n) is 5.80. The van der Waals surface area contributed by atoms with Crippen molar-refractivity contribution in [3.05, 3.63) is 42.2 Å². The Bertz CT molecular complexity index is 721. The quantitative estimate of drug-likeness (QED) is 0.930. The number of benzene rings is 1. The van der Waals surface area contributed by atoms with Crippen LogP contribution in [0.1, 0.15) is 5.56 Å². The van der Waals surface area contributed by atoms with Gasteiger partial charge in [0.1, 0.15) is 0 Å². The highest BCUT2D eigenvalue weighted by atomic mass is 32.2. The van der Waals surface area contributed by atoms with E-state index in [0.29, 0.717) is 0 Å². The van der Waals surface area contributed by atoms with E-state index >= 15 is 0 Å². The Morgan fingerprint density at radius 2 is 1.81 bits per heavy atom. The van der Waals surface area contributed by atoms with Gasteiger partial charge >= 0.3 is 6.18 Å². The van der Waals surface area contributed by atoms with Gasteiger partial charge in [0.15, 0.2) is 0 Å². The maximum atomic E-state index is 12.5. The minimum Gasteiger partial charge on any atom is -0.395 e. The van der Waals surface area contributed by atoms with Gasteiger partial charge in [0.25, 0.3) is 0 Å². The third-order valence-corrected chi connectivity index (χ3v) is 4.30. The molecular weight excluding hydrogens is 309 g/mol. The smallest absolute Gasteiger partial charge is 0.395 e. The number of nitrogens with zero attached hydrogens (tertiary/aromatic N) is 2. The molecule has 0 fully saturated rings. The lowest BCUT2D eigenvalue weighted by Crippen LogP contribution is -2.15. The monoisotopic (exact) mass is 320 g/mol. The molecule has 0 saturated heterocycles. The summed E-state index contributed by atoms with van der Waals surface area (Å²) in [7, 11) is -3.80. The number of aliphatic hydroxyl groups is 1. The van der Waals surface area contributed by atoms with Crippen LogP contribution in [0.15, 0.2) is 41.8 Å². The molecule has 2 aromatic rings. The molecule has 0 saturated carbocycles. The first-order chi connectivity index (χ1) is 9.75. The molecule has 0 spiro atoms. The zero-order valence-electron chi connectivity index (χ0n) is 10.6. The first kappa shape index (κ1) is 15.5. The lowest BCUT2D eigenvalue weighted by molar-refractivity contribution is -0.137. The number of halogens is 3. The molecular formula is C12H11F3N2O3S. The largest absolute Gasteiger partial charge is 0.416 e. The van der Waals surface area contributed by atoms with Gasteiger partial charge in [0.05, 0.1) is 17.9 Å². The minimum absolute atomic E-state index is 0.233. The lowest BCUT2D eigenvalue weighted by Gasteiger charge is -2.10. The molecule has 2 rings (SSSR count). The van der Waals surface area contributed by atoms with Crippen molar-refractivity contribution >= 4 is 9.84 Å². The summed E-state index contributed by atoms with van der Waals surface area (Å²) in [6, 6.07) is 4.03. The van der Waals surface area contributed by atoms with Gasteiger partial charge in [0, 0.05) is 18.1 Å². The number of imidazole rings is 1. The summed E-state index contributed by atoms with van der Waals surface area (Å²) in [6.45, 7) is -0.567. The molecule has 0 aliphatic heterocycles. The van der Waals surface area contributed by atoms with Gasteiger partial charge in [-0.1, -0.05) is 0 Å². The molecule has 0 radical (unpaired) electrons. The zero-order valence-corrected chi connectivity index (χ0v) is 11.4. The Morgan fingerprint density at radius 3 is 2.33 bits per heavy atom. The maximum Gasteiger partial charge on any atom is 0.416 e. The van der Waals surface area contributed by atoms with Crippen LogP contribution in [0.3, 0.4) is 0 Å². The summed E-state index contributed by atoms with van der Waals surface area (Å²) in [4.78, 5) is 3.70. The number of hydrogen-bond donors (Lipinski definition) is 1. The number of hydrogen-bond acceptors (Lipinski definition) is 4. The molecule has 9 heteroatoms. The molecule has 5 nitrogen and oxygen atoms in total. The number of aliphatic hydroxyl groups excluding tert-OH is 1. The van der Waals surface area contributed by atoms with Crippen LogP contribution in [0.2, 0.25) is 0 Å². The van der Waals surface area contributed by atoms with Crippen LogP contribution in [0.25, 0.3) is 5.69 Å². The van der Waals surface area contributed by atoms with Crippen LogP contribution < -0.4 is 0 Å². The second-order valence-electron chi connectivity index (χ2n) is 4.17. The van der Waals surface area contributed by atoms with E-state index in [1.54, 1.807) is 0 Å². The van der Waals surface area contributed by atoms with E-state index < -0.39 is 33.9 Å². The van der Waals surface area contributed by atoms with E-state index in [9.17, 15) is 21.6 Å². The standard InChI is InChI=1S/C12H11F3N2O3S/c13-12(14,15)9-1-3-10(4-2-9)17-6-5-16-11(17)21(19,20)8-7-18/h1-6,18H,7-8H2. The summed E-state index contributed by atoms with van der Waals surface area (Å²) in [5.41, 5.74) is -0.594. The van der Waals surface area contributed by atoms with Crippen molar-refractivity contribution in [2.24, 2.45) is 0 Å². The van der Waals surface area contributed by atoms with Gasteiger partial charge in [-0.15, -0.1) is 0 Å². The van der Waals surface area contributed by atoms with Crippen molar-refractivity contribution in [1.29, 1.82) is 0 Å². The van der Waals surface area contributed by atoms with Crippen LogP contribution in [-0.2, 0) is 16.0 Å². The predicted octanol–water partition coefficient (Wildman–Crippen LogP) is 1.66. The second kappa shape index (κ2) is 5.49. The van der Waals surface area contributed by atoms with Gasteiger partial charge < -0.3 is 5.11 Å². The van der Waals surface area contributed by atoms with Crippen LogP contribution in [-0.4, -0.2) is 35.4 Å². The fourth-order valence-corrected chi connectivity index (χ4v) is 2.85. The first-order valence-corrected chi connectivity index (χ1v) is 7.45. The Hall–Kier alpha value is -1.87. The van der Waals surface area contributed by atoms with Crippen molar-refractivity contribution in [2.75, 3.05) is 12.4 Å². The normalized spacial score (nSPS) is 12.6. The van der Waals surface area contributed by atoms with Crippen molar-refractivity contribution < 1.29 is 26.7 Å². The molecule has 114 valence electrons. The second-order valence-corrected chi connectivity index (χ2v) is 6.17. The Labute approximate surface area is 118 Å². The van der Waals surface area contributed by atoms with Crippen molar-refractivity contribution in [3.8, 4) is 5.69 Å². The molecule has 1 aromatic carbocycles. The van der Waals surface area contributed by atoms with Crippen molar-refractivity contribution in [3.63, 3.8) is 0 Å². The molecule has 1 aromatic heterocycles. The van der Waals surface area contributed by atoms with Crippen LogP contribution in [0.5, 0.6) is 0 Å². The number of alkyl halides is 3. The number of rotatable bonds is 4. The van der Waals surface area contributed by atoms with E-state index in [-0.39, 0.29) is 10.8 Å². The fourth-order valence-electron chi connectivity index (χ4n) is 1.74. The SMILES string of the molecule is O=S(=O)(CCO)c1nccn1-c1ccc(C(F)(F)F)cc1. The summed E-state index contributed by atoms with van der Waals surface area (Å²) in [5.74, 6) is -0.509. The summed E-state index contributed by atoms with van der Waals surface area (Å²) < 4.78 is 62.4. The third-order valence-electron chi connectivity index (χ3n) is 2.72. The van der Waals surface area contributed by atoms with Crippen molar-refractivity contribution in [1.82, 2.24) is 9.55 Å². The van der Waals surface area contributed by atoms with Gasteiger partial charge in [-0.3, -0.25) is 4.57 Å². The minimum atomic E-state index is -4.46. The van der Waals surface area contributed by atoms with Gasteiger partial charge in [-0.2, -0.15) is 13.2 Å². The highest BCUT2D eigenvalue weighted by Crippen LogP contribution is 2.29. The molecule has 21 heavy (non-hydrogen) atoms. The van der Waals surface area contributed by atoms with Gasteiger partial charge in [-0.25, -0.2) is 13.4 Å². The van der Waals surface area contributed by atoms with E-state index in [1.807, 2.05) is 0 Å². The highest BCUT2D eigenvalue weighted by molar-refractivity contribution is 7.91. The summed E-state index contributed by atoms with van der Waals surface area (Å²) in [6.07, 6.45) is -1.91. The van der Waals surface area contributed by atoms with Crippen LogP contribution in [0, 0.1) is 0 Å². The average molecular weight is 320 g/mol. The molecule has 0 bridgehead atoms. The average Bonchev–Trinajstić information content (AvgIpc) is 2.88. The molecule has 0 amide bonds. The van der Waals surface area contributed by atoms with Crippen LogP contribution in [0.4, 0.5) is 13.2 Å². The van der Waals surface area contributed by atoms with Crippen molar-refractivity contribution in [2.45, 2.75) is 11.3 Å². The molecule has 0 atom stereocenters. The molecule has 0 aliphatic rings.